The molecule has 1 saturated heterocycles. The second-order valence-electron chi connectivity index (χ2n) is 6.72. The van der Waals surface area contributed by atoms with Crippen LogP contribution in [0.25, 0.3) is 0 Å². The Labute approximate surface area is 127 Å². The molecule has 0 atom stereocenters. The van der Waals surface area contributed by atoms with Crippen molar-refractivity contribution in [2.75, 3.05) is 31.1 Å². The molecule has 0 bridgehead atoms. The first-order valence-corrected chi connectivity index (χ1v) is 9.09. The maximum Gasteiger partial charge on any atom is 0.156 e. The van der Waals surface area contributed by atoms with Crippen molar-refractivity contribution in [3.05, 3.63) is 12.3 Å². The molecule has 0 saturated carbocycles. The molecule has 120 valence electrons. The van der Waals surface area contributed by atoms with E-state index in [1.54, 1.807) is 20.8 Å². The number of hydrogen-bond donors (Lipinski definition) is 1. The van der Waals surface area contributed by atoms with Crippen LogP contribution in [0.2, 0.25) is 0 Å². The third-order valence-electron chi connectivity index (χ3n) is 4.17. The maximum atomic E-state index is 12.1. The summed E-state index contributed by atoms with van der Waals surface area (Å²) < 4.78 is 25.5. The Morgan fingerprint density at radius 3 is 2.43 bits per heavy atom. The molecule has 0 unspecified atom stereocenters. The molecular formula is C14H26N4O2S. The van der Waals surface area contributed by atoms with Crippen molar-refractivity contribution >= 4 is 15.7 Å². The Balaban J connectivity index is 1.82. The normalized spacial score (nSPS) is 19.0. The lowest BCUT2D eigenvalue weighted by atomic mass is 10.1. The van der Waals surface area contributed by atoms with E-state index in [1.807, 2.05) is 16.9 Å². The SMILES string of the molecule is CC(C)(C)S(=O)(=O)CCN1CCC(n2ccc(N)n2)CC1. The van der Waals surface area contributed by atoms with Crippen LogP contribution in [0.1, 0.15) is 39.7 Å². The van der Waals surface area contributed by atoms with Gasteiger partial charge in [-0.05, 0) is 39.7 Å². The molecule has 0 aromatic carbocycles. The van der Waals surface area contributed by atoms with Gasteiger partial charge in [-0.1, -0.05) is 0 Å². The molecule has 0 amide bonds. The summed E-state index contributed by atoms with van der Waals surface area (Å²) in [5, 5.41) is 4.26. The molecule has 21 heavy (non-hydrogen) atoms. The minimum atomic E-state index is -3.04. The van der Waals surface area contributed by atoms with Crippen LogP contribution in [-0.4, -0.2) is 53.2 Å². The van der Waals surface area contributed by atoms with Gasteiger partial charge in [0.2, 0.25) is 0 Å². The van der Waals surface area contributed by atoms with E-state index >= 15 is 0 Å². The summed E-state index contributed by atoms with van der Waals surface area (Å²) in [6, 6.07) is 2.18. The Kier molecular flexibility index (Phi) is 4.63. The summed E-state index contributed by atoms with van der Waals surface area (Å²) >= 11 is 0. The molecule has 0 aliphatic carbocycles. The molecular weight excluding hydrogens is 288 g/mol. The van der Waals surface area contributed by atoms with Crippen molar-refractivity contribution in [1.29, 1.82) is 0 Å². The van der Waals surface area contributed by atoms with Gasteiger partial charge in [-0.15, -0.1) is 0 Å². The summed E-state index contributed by atoms with van der Waals surface area (Å²) in [5.41, 5.74) is 5.64. The minimum Gasteiger partial charge on any atom is -0.382 e. The Hall–Kier alpha value is -1.08. The lowest BCUT2D eigenvalue weighted by Crippen LogP contribution is -2.40. The summed E-state index contributed by atoms with van der Waals surface area (Å²) in [6.45, 7) is 7.71. The molecule has 1 aromatic rings. The lowest BCUT2D eigenvalue weighted by Gasteiger charge is -2.32. The van der Waals surface area contributed by atoms with E-state index < -0.39 is 14.6 Å². The van der Waals surface area contributed by atoms with Crippen LogP contribution in [-0.2, 0) is 9.84 Å². The van der Waals surface area contributed by atoms with Gasteiger partial charge in [0.25, 0.3) is 0 Å². The molecule has 2 rings (SSSR count). The third-order valence-corrected chi connectivity index (χ3v) is 6.76. The lowest BCUT2D eigenvalue weighted by molar-refractivity contribution is 0.188. The number of aromatic nitrogens is 2. The van der Waals surface area contributed by atoms with Gasteiger partial charge < -0.3 is 10.6 Å². The van der Waals surface area contributed by atoms with Crippen molar-refractivity contribution in [1.82, 2.24) is 14.7 Å². The van der Waals surface area contributed by atoms with E-state index in [4.69, 9.17) is 5.73 Å². The van der Waals surface area contributed by atoms with Gasteiger partial charge in [0.15, 0.2) is 9.84 Å². The second-order valence-corrected chi connectivity index (χ2v) is 9.59. The molecule has 0 spiro atoms. The fourth-order valence-corrected chi connectivity index (χ4v) is 3.63. The van der Waals surface area contributed by atoms with Crippen molar-refractivity contribution in [3.63, 3.8) is 0 Å². The van der Waals surface area contributed by atoms with Gasteiger partial charge in [-0.2, -0.15) is 5.10 Å². The second kappa shape index (κ2) is 5.96. The number of likely N-dealkylation sites (tertiary alicyclic amines) is 1. The predicted molar refractivity (Wildman–Crippen MR) is 84.9 cm³/mol. The molecule has 1 aromatic heterocycles. The van der Waals surface area contributed by atoms with Gasteiger partial charge in [-0.25, -0.2) is 8.42 Å². The highest BCUT2D eigenvalue weighted by Crippen LogP contribution is 2.23. The number of nitrogens with zero attached hydrogens (tertiary/aromatic N) is 3. The van der Waals surface area contributed by atoms with Crippen LogP contribution >= 0.6 is 0 Å². The van der Waals surface area contributed by atoms with Crippen LogP contribution < -0.4 is 5.73 Å². The van der Waals surface area contributed by atoms with Crippen molar-refractivity contribution in [2.45, 2.75) is 44.4 Å². The molecule has 2 heterocycles. The van der Waals surface area contributed by atoms with Crippen LogP contribution in [0.15, 0.2) is 12.3 Å². The summed E-state index contributed by atoms with van der Waals surface area (Å²) in [4.78, 5) is 2.23. The quantitative estimate of drug-likeness (QED) is 0.906. The number of piperidine rings is 1. The first kappa shape index (κ1) is 16.3. The summed E-state index contributed by atoms with van der Waals surface area (Å²) in [5.74, 6) is 0.782. The largest absolute Gasteiger partial charge is 0.382 e. The zero-order chi connectivity index (χ0) is 15.7. The minimum absolute atomic E-state index is 0.232. The fraction of sp³-hybridized carbons (Fsp3) is 0.786. The Bertz CT molecular complexity index is 566. The highest BCUT2D eigenvalue weighted by molar-refractivity contribution is 7.92. The van der Waals surface area contributed by atoms with Gasteiger partial charge in [0.1, 0.15) is 5.82 Å². The molecule has 1 aliphatic rings. The number of nitrogens with two attached hydrogens (primary N) is 1. The molecule has 7 heteroatoms. The summed E-state index contributed by atoms with van der Waals surface area (Å²) in [6.07, 6.45) is 3.88. The van der Waals surface area contributed by atoms with Gasteiger partial charge >= 0.3 is 0 Å². The van der Waals surface area contributed by atoms with E-state index in [2.05, 4.69) is 10.00 Å². The highest BCUT2D eigenvalue weighted by Gasteiger charge is 2.30. The zero-order valence-electron chi connectivity index (χ0n) is 13.1. The van der Waals surface area contributed by atoms with E-state index in [0.29, 0.717) is 18.4 Å². The average Bonchev–Trinajstić information content (AvgIpc) is 2.82. The average molecular weight is 314 g/mol. The molecule has 2 N–H and O–H groups in total. The molecule has 6 nitrogen and oxygen atoms in total. The third kappa shape index (κ3) is 3.97. The fourth-order valence-electron chi connectivity index (χ4n) is 2.52. The monoisotopic (exact) mass is 314 g/mol. The highest BCUT2D eigenvalue weighted by atomic mass is 32.2. The van der Waals surface area contributed by atoms with Crippen LogP contribution in [0, 0.1) is 0 Å². The summed E-state index contributed by atoms with van der Waals surface area (Å²) in [7, 11) is -3.04. The van der Waals surface area contributed by atoms with Crippen LogP contribution in [0.4, 0.5) is 5.82 Å². The van der Waals surface area contributed by atoms with E-state index in [9.17, 15) is 8.42 Å². The van der Waals surface area contributed by atoms with Gasteiger partial charge in [0.05, 0.1) is 16.5 Å². The topological polar surface area (TPSA) is 81.2 Å². The maximum absolute atomic E-state index is 12.1. The number of hydrogen-bond acceptors (Lipinski definition) is 5. The predicted octanol–water partition coefficient (Wildman–Crippen LogP) is 1.32. The van der Waals surface area contributed by atoms with Gasteiger partial charge in [-0.3, -0.25) is 4.68 Å². The Morgan fingerprint density at radius 1 is 1.33 bits per heavy atom. The van der Waals surface area contributed by atoms with E-state index in [-0.39, 0.29) is 5.75 Å². The number of sulfone groups is 1. The van der Waals surface area contributed by atoms with Crippen LogP contribution in [0.5, 0.6) is 0 Å². The van der Waals surface area contributed by atoms with Gasteiger partial charge in [0, 0.05) is 25.8 Å². The van der Waals surface area contributed by atoms with E-state index in [0.717, 1.165) is 25.9 Å². The first-order valence-electron chi connectivity index (χ1n) is 7.44. The first-order chi connectivity index (χ1) is 9.69. The van der Waals surface area contributed by atoms with E-state index in [1.165, 1.54) is 0 Å². The number of anilines is 1. The van der Waals surface area contributed by atoms with Crippen molar-refractivity contribution in [3.8, 4) is 0 Å². The Morgan fingerprint density at radius 2 is 1.95 bits per heavy atom. The smallest absolute Gasteiger partial charge is 0.156 e. The standard InChI is InChI=1S/C14H26N4O2S/c1-14(2,3)21(19,20)11-10-17-7-4-12(5-8-17)18-9-6-13(15)16-18/h6,9,12H,4-5,7-8,10-11H2,1-3H3,(H2,15,16). The van der Waals surface area contributed by atoms with Crippen LogP contribution in [0.3, 0.4) is 0 Å². The zero-order valence-corrected chi connectivity index (χ0v) is 13.9. The molecule has 1 fully saturated rings. The number of rotatable bonds is 4. The van der Waals surface area contributed by atoms with Crippen molar-refractivity contribution < 1.29 is 8.42 Å². The number of nitrogen functional groups attached to an aromatic ring is 1. The molecule has 1 aliphatic heterocycles. The molecule has 0 radical (unpaired) electrons. The van der Waals surface area contributed by atoms with Crippen molar-refractivity contribution in [2.24, 2.45) is 0 Å².